The molecule has 2 nitrogen and oxygen atoms in total. The molecule has 0 heterocycles. The van der Waals surface area contributed by atoms with Gasteiger partial charge in [0, 0.05) is 0 Å². The summed E-state index contributed by atoms with van der Waals surface area (Å²) >= 11 is 0. The summed E-state index contributed by atoms with van der Waals surface area (Å²) in [6.07, 6.45) is 5.26. The minimum atomic E-state index is 0.214. The Hall–Kier alpha value is -0.530. The molecule has 0 radical (unpaired) electrons. The minimum Gasteiger partial charge on any atom is -0.393 e. The third kappa shape index (κ3) is 2.84. The summed E-state index contributed by atoms with van der Waals surface area (Å²) in [5.41, 5.74) is 1.26. The molecule has 1 fully saturated rings. The van der Waals surface area contributed by atoms with E-state index in [9.17, 15) is 0 Å². The Balaban J connectivity index is 2.41. The Morgan fingerprint density at radius 1 is 1.42 bits per heavy atom. The average Bonchev–Trinajstić information content (AvgIpc) is 2.03. The first-order chi connectivity index (χ1) is 5.70. The molecule has 12 heavy (non-hydrogen) atoms. The second-order valence-corrected chi connectivity index (χ2v) is 3.88. The molecule has 0 aromatic heterocycles. The first-order valence-corrected chi connectivity index (χ1v) is 4.92. The molecule has 1 aliphatic rings. The van der Waals surface area contributed by atoms with E-state index in [1.165, 1.54) is 25.0 Å². The molecular formula is C10H19NO. The van der Waals surface area contributed by atoms with Gasteiger partial charge in [-0.2, -0.15) is 0 Å². The molecule has 1 atom stereocenters. The van der Waals surface area contributed by atoms with Crippen LogP contribution in [0.3, 0.4) is 0 Å². The van der Waals surface area contributed by atoms with E-state index in [1.54, 1.807) is 0 Å². The third-order valence-electron chi connectivity index (χ3n) is 2.27. The second kappa shape index (κ2) is 4.48. The van der Waals surface area contributed by atoms with E-state index in [2.05, 4.69) is 12.1 Å². The molecule has 1 rings (SSSR count). The maximum absolute atomic E-state index is 5.24. The molecule has 1 unspecified atom stereocenters. The summed E-state index contributed by atoms with van der Waals surface area (Å²) in [7, 11) is 0. The molecule has 70 valence electrons. The zero-order valence-corrected chi connectivity index (χ0v) is 8.34. The Bertz CT molecular complexity index is 163. The van der Waals surface area contributed by atoms with Crippen molar-refractivity contribution >= 4 is 5.71 Å². The van der Waals surface area contributed by atoms with E-state index >= 15 is 0 Å². The molecular weight excluding hydrogens is 150 g/mol. The van der Waals surface area contributed by atoms with Crippen molar-refractivity contribution in [3.05, 3.63) is 0 Å². The summed E-state index contributed by atoms with van der Waals surface area (Å²) < 4.78 is 0. The second-order valence-electron chi connectivity index (χ2n) is 3.88. The minimum absolute atomic E-state index is 0.214. The van der Waals surface area contributed by atoms with E-state index in [0.717, 1.165) is 6.42 Å². The highest BCUT2D eigenvalue weighted by Gasteiger charge is 2.16. The van der Waals surface area contributed by atoms with Crippen LogP contribution in [0.15, 0.2) is 5.16 Å². The Morgan fingerprint density at radius 3 is 2.75 bits per heavy atom. The van der Waals surface area contributed by atoms with Crippen LogP contribution in [0.1, 0.15) is 46.5 Å². The highest BCUT2D eigenvalue weighted by atomic mass is 16.6. The third-order valence-corrected chi connectivity index (χ3v) is 2.27. The van der Waals surface area contributed by atoms with Crippen LogP contribution in [-0.2, 0) is 4.84 Å². The van der Waals surface area contributed by atoms with E-state index in [1.807, 2.05) is 13.8 Å². The fraction of sp³-hybridized carbons (Fsp3) is 0.900. The van der Waals surface area contributed by atoms with E-state index in [0.29, 0.717) is 5.92 Å². The predicted molar refractivity (Wildman–Crippen MR) is 51.3 cm³/mol. The fourth-order valence-electron chi connectivity index (χ4n) is 1.48. The van der Waals surface area contributed by atoms with Crippen molar-refractivity contribution in [2.24, 2.45) is 11.1 Å². The number of oxime groups is 1. The van der Waals surface area contributed by atoms with E-state index in [4.69, 9.17) is 4.84 Å². The zero-order chi connectivity index (χ0) is 8.97. The molecule has 0 bridgehead atoms. The van der Waals surface area contributed by atoms with Crippen molar-refractivity contribution in [1.82, 2.24) is 0 Å². The largest absolute Gasteiger partial charge is 0.393 e. The first kappa shape index (κ1) is 9.56. The number of hydrogen-bond donors (Lipinski definition) is 0. The van der Waals surface area contributed by atoms with Crippen molar-refractivity contribution in [2.45, 2.75) is 52.6 Å². The van der Waals surface area contributed by atoms with Gasteiger partial charge in [-0.3, -0.25) is 0 Å². The topological polar surface area (TPSA) is 21.6 Å². The van der Waals surface area contributed by atoms with Gasteiger partial charge in [0.15, 0.2) is 0 Å². The smallest absolute Gasteiger partial charge is 0.122 e. The van der Waals surface area contributed by atoms with Gasteiger partial charge in [0.2, 0.25) is 0 Å². The molecule has 0 aliphatic heterocycles. The lowest BCUT2D eigenvalue weighted by molar-refractivity contribution is 0.0836. The van der Waals surface area contributed by atoms with Gasteiger partial charge in [-0.15, -0.1) is 0 Å². The van der Waals surface area contributed by atoms with Gasteiger partial charge in [-0.25, -0.2) is 0 Å². The van der Waals surface area contributed by atoms with Gasteiger partial charge in [-0.1, -0.05) is 18.5 Å². The van der Waals surface area contributed by atoms with E-state index < -0.39 is 0 Å². The first-order valence-electron chi connectivity index (χ1n) is 4.92. The zero-order valence-electron chi connectivity index (χ0n) is 8.34. The molecule has 2 heteroatoms. The van der Waals surface area contributed by atoms with Crippen molar-refractivity contribution in [2.75, 3.05) is 0 Å². The van der Waals surface area contributed by atoms with Crippen molar-refractivity contribution < 1.29 is 4.84 Å². The molecule has 0 aromatic rings. The summed E-state index contributed by atoms with van der Waals surface area (Å²) in [6.45, 7) is 6.26. The van der Waals surface area contributed by atoms with Crippen LogP contribution in [0.25, 0.3) is 0 Å². The standard InChI is InChI=1S/C10H19NO/c1-8(2)12-11-10-7-5-4-6-9(10)3/h8-9H,4-7H2,1-3H3/b11-10+. The van der Waals surface area contributed by atoms with Crippen LogP contribution < -0.4 is 0 Å². The quantitative estimate of drug-likeness (QED) is 0.582. The van der Waals surface area contributed by atoms with Crippen LogP contribution in [-0.4, -0.2) is 11.8 Å². The predicted octanol–water partition coefficient (Wildman–Crippen LogP) is 2.98. The molecule has 0 amide bonds. The van der Waals surface area contributed by atoms with Crippen molar-refractivity contribution in [3.63, 3.8) is 0 Å². The summed E-state index contributed by atoms with van der Waals surface area (Å²) in [6, 6.07) is 0. The van der Waals surface area contributed by atoms with Crippen LogP contribution in [0.4, 0.5) is 0 Å². The molecule has 0 saturated heterocycles. The molecule has 0 spiro atoms. The molecule has 0 N–H and O–H groups in total. The van der Waals surface area contributed by atoms with Gasteiger partial charge >= 0.3 is 0 Å². The number of hydrogen-bond acceptors (Lipinski definition) is 2. The molecule has 0 aromatic carbocycles. The van der Waals surface area contributed by atoms with Gasteiger partial charge in [-0.05, 0) is 39.0 Å². The highest BCUT2D eigenvalue weighted by molar-refractivity contribution is 5.86. The van der Waals surface area contributed by atoms with Gasteiger partial charge in [0.05, 0.1) is 5.71 Å². The van der Waals surface area contributed by atoms with Crippen molar-refractivity contribution in [1.29, 1.82) is 0 Å². The lowest BCUT2D eigenvalue weighted by atomic mass is 9.89. The fourth-order valence-corrected chi connectivity index (χ4v) is 1.48. The van der Waals surface area contributed by atoms with Gasteiger partial charge in [0.1, 0.15) is 6.10 Å². The highest BCUT2D eigenvalue weighted by Crippen LogP contribution is 2.21. The lowest BCUT2D eigenvalue weighted by Crippen LogP contribution is -2.17. The van der Waals surface area contributed by atoms with Crippen LogP contribution >= 0.6 is 0 Å². The maximum Gasteiger partial charge on any atom is 0.122 e. The summed E-state index contributed by atoms with van der Waals surface area (Å²) in [5, 5.41) is 4.18. The summed E-state index contributed by atoms with van der Waals surface area (Å²) in [4.78, 5) is 5.24. The van der Waals surface area contributed by atoms with E-state index in [-0.39, 0.29) is 6.10 Å². The lowest BCUT2D eigenvalue weighted by Gasteiger charge is -2.19. The Morgan fingerprint density at radius 2 is 2.17 bits per heavy atom. The average molecular weight is 169 g/mol. The molecule has 1 saturated carbocycles. The number of nitrogens with zero attached hydrogens (tertiary/aromatic N) is 1. The maximum atomic E-state index is 5.24. The van der Waals surface area contributed by atoms with Crippen LogP contribution in [0.5, 0.6) is 0 Å². The molecule has 1 aliphatic carbocycles. The Kier molecular flexibility index (Phi) is 3.57. The van der Waals surface area contributed by atoms with Gasteiger partial charge in [0.25, 0.3) is 0 Å². The van der Waals surface area contributed by atoms with Crippen LogP contribution in [0, 0.1) is 5.92 Å². The normalized spacial score (nSPS) is 28.0. The number of rotatable bonds is 2. The monoisotopic (exact) mass is 169 g/mol. The Labute approximate surface area is 75.0 Å². The summed E-state index contributed by atoms with van der Waals surface area (Å²) in [5.74, 6) is 0.637. The van der Waals surface area contributed by atoms with Crippen LogP contribution in [0.2, 0.25) is 0 Å². The van der Waals surface area contributed by atoms with Gasteiger partial charge < -0.3 is 4.84 Å². The SMILES string of the molecule is CC(C)O/N=C1\CCCCC1C. The van der Waals surface area contributed by atoms with Crippen molar-refractivity contribution in [3.8, 4) is 0 Å².